The maximum atomic E-state index is 14.6. The van der Waals surface area contributed by atoms with Gasteiger partial charge in [0, 0.05) is 17.3 Å². The second-order valence-electron chi connectivity index (χ2n) is 5.87. The van der Waals surface area contributed by atoms with Crippen LogP contribution in [0.15, 0.2) is 36.5 Å². The third-order valence-electron chi connectivity index (χ3n) is 4.06. The Labute approximate surface area is 152 Å². The van der Waals surface area contributed by atoms with Crippen LogP contribution in [0.5, 0.6) is 0 Å². The van der Waals surface area contributed by atoms with Gasteiger partial charge in [0.1, 0.15) is 11.5 Å². The second kappa shape index (κ2) is 6.56. The number of aromatic nitrogens is 5. The molecule has 4 rings (SSSR count). The number of benzene rings is 1. The molecule has 0 bridgehead atoms. The maximum Gasteiger partial charge on any atom is 0.415 e. The Kier molecular flexibility index (Phi) is 4.07. The quantitative estimate of drug-likeness (QED) is 0.644. The van der Waals surface area contributed by atoms with E-state index in [1.165, 1.54) is 22.0 Å². The Hall–Kier alpha value is -3.69. The number of pyridine rings is 1. The van der Waals surface area contributed by atoms with Crippen LogP contribution in [0.25, 0.3) is 22.6 Å². The monoisotopic (exact) mass is 368 g/mol. The first-order valence-corrected chi connectivity index (χ1v) is 7.99. The fraction of sp³-hybridized carbons (Fsp3) is 0.176. The number of nitrogens with zero attached hydrogens (tertiary/aromatic N) is 6. The minimum atomic E-state index is -0.841. The van der Waals surface area contributed by atoms with Gasteiger partial charge in [-0.2, -0.15) is 4.80 Å². The van der Waals surface area contributed by atoms with Crippen molar-refractivity contribution in [2.24, 2.45) is 7.05 Å². The molecular formula is C17H13FN6O3. The number of tetrazole rings is 1. The summed E-state index contributed by atoms with van der Waals surface area (Å²) in [5.74, 6) is -0.154. The number of aryl methyl sites for hydroxylation is 1. The van der Waals surface area contributed by atoms with Crippen molar-refractivity contribution in [3.05, 3.63) is 42.3 Å². The summed E-state index contributed by atoms with van der Waals surface area (Å²) in [6, 6.07) is 7.73. The molecule has 1 saturated heterocycles. The molecule has 0 radical (unpaired) electrons. The lowest BCUT2D eigenvalue weighted by Gasteiger charge is -2.14. The van der Waals surface area contributed by atoms with Crippen LogP contribution in [-0.4, -0.2) is 50.2 Å². The molecule has 1 amide bonds. The van der Waals surface area contributed by atoms with E-state index in [1.807, 2.05) is 0 Å². The average Bonchev–Trinajstić information content (AvgIpc) is 3.27. The van der Waals surface area contributed by atoms with Crippen LogP contribution < -0.4 is 4.90 Å². The number of cyclic esters (lactones) is 1. The summed E-state index contributed by atoms with van der Waals surface area (Å²) in [7, 11) is 1.65. The van der Waals surface area contributed by atoms with E-state index in [2.05, 4.69) is 20.4 Å². The van der Waals surface area contributed by atoms with Gasteiger partial charge in [0.25, 0.3) is 0 Å². The highest BCUT2D eigenvalue weighted by molar-refractivity contribution is 5.92. The number of rotatable bonds is 4. The van der Waals surface area contributed by atoms with E-state index < -0.39 is 18.0 Å². The molecule has 0 unspecified atom stereocenters. The third-order valence-corrected chi connectivity index (χ3v) is 4.06. The summed E-state index contributed by atoms with van der Waals surface area (Å²) < 4.78 is 19.5. The number of carbonyl (C=O) groups excluding carboxylic acids is 2. The Morgan fingerprint density at radius 1 is 1.30 bits per heavy atom. The molecule has 0 N–H and O–H groups in total. The Balaban J connectivity index is 1.59. The zero-order valence-corrected chi connectivity index (χ0v) is 14.1. The normalized spacial score (nSPS) is 16.4. The fourth-order valence-corrected chi connectivity index (χ4v) is 2.74. The number of carbonyl (C=O) groups is 2. The average molecular weight is 368 g/mol. The van der Waals surface area contributed by atoms with Crippen molar-refractivity contribution in [1.82, 2.24) is 25.2 Å². The summed E-state index contributed by atoms with van der Waals surface area (Å²) in [6.07, 6.45) is 0.534. The molecule has 0 aliphatic carbocycles. The standard InChI is InChI=1S/C17H13FN6O3/c1-23-21-16(20-22-23)15-5-2-10(7-19-15)13-4-3-11(6-14(13)18)24-8-12(9-25)27-17(24)26/h2-7,9,12H,8H2,1H3/t12-/m1/s1. The SMILES string of the molecule is Cn1nnc(-c2ccc(-c3ccc(N4C[C@H](C=O)OC4=O)cc3F)cn2)n1. The molecule has 3 aromatic rings. The number of ether oxygens (including phenoxy) is 1. The molecule has 3 heterocycles. The van der Waals surface area contributed by atoms with Crippen LogP contribution in [0, 0.1) is 5.82 Å². The van der Waals surface area contributed by atoms with Gasteiger partial charge in [-0.1, -0.05) is 6.07 Å². The molecule has 0 saturated carbocycles. The summed E-state index contributed by atoms with van der Waals surface area (Å²) in [4.78, 5) is 29.3. The van der Waals surface area contributed by atoms with Gasteiger partial charge in [-0.3, -0.25) is 14.7 Å². The van der Waals surface area contributed by atoms with E-state index in [0.717, 1.165) is 0 Å². The third kappa shape index (κ3) is 3.12. The largest absolute Gasteiger partial charge is 0.436 e. The highest BCUT2D eigenvalue weighted by Gasteiger charge is 2.32. The first kappa shape index (κ1) is 16.8. The molecule has 1 aromatic carbocycles. The highest BCUT2D eigenvalue weighted by Crippen LogP contribution is 2.29. The summed E-state index contributed by atoms with van der Waals surface area (Å²) in [6.45, 7) is 0.0580. The van der Waals surface area contributed by atoms with Crippen molar-refractivity contribution in [3.8, 4) is 22.6 Å². The Morgan fingerprint density at radius 2 is 2.15 bits per heavy atom. The van der Waals surface area contributed by atoms with Crippen LogP contribution >= 0.6 is 0 Å². The summed E-state index contributed by atoms with van der Waals surface area (Å²) in [5.41, 5.74) is 1.72. The predicted molar refractivity (Wildman–Crippen MR) is 91.1 cm³/mol. The Morgan fingerprint density at radius 3 is 2.74 bits per heavy atom. The molecule has 9 nitrogen and oxygen atoms in total. The maximum absolute atomic E-state index is 14.6. The zero-order chi connectivity index (χ0) is 19.0. The van der Waals surface area contributed by atoms with E-state index in [0.29, 0.717) is 34.6 Å². The summed E-state index contributed by atoms with van der Waals surface area (Å²) in [5, 5.41) is 11.7. The number of hydrogen-bond donors (Lipinski definition) is 0. The van der Waals surface area contributed by atoms with Gasteiger partial charge in [-0.25, -0.2) is 9.18 Å². The zero-order valence-electron chi connectivity index (χ0n) is 14.1. The van der Waals surface area contributed by atoms with E-state index >= 15 is 0 Å². The molecule has 0 spiro atoms. The van der Waals surface area contributed by atoms with Crippen molar-refractivity contribution in [1.29, 1.82) is 0 Å². The van der Waals surface area contributed by atoms with E-state index in [-0.39, 0.29) is 6.54 Å². The first-order valence-electron chi connectivity index (χ1n) is 7.99. The molecule has 1 atom stereocenters. The van der Waals surface area contributed by atoms with E-state index in [4.69, 9.17) is 4.74 Å². The van der Waals surface area contributed by atoms with Crippen LogP contribution in [0.1, 0.15) is 0 Å². The minimum absolute atomic E-state index is 0.0580. The van der Waals surface area contributed by atoms with Crippen LogP contribution in [0.2, 0.25) is 0 Å². The fourth-order valence-electron chi connectivity index (χ4n) is 2.74. The predicted octanol–water partition coefficient (Wildman–Crippen LogP) is 1.60. The van der Waals surface area contributed by atoms with Gasteiger partial charge in [0.05, 0.1) is 19.3 Å². The number of aldehydes is 1. The Bertz CT molecular complexity index is 1020. The van der Waals surface area contributed by atoms with Gasteiger partial charge in [0.2, 0.25) is 5.82 Å². The van der Waals surface area contributed by atoms with Crippen molar-refractivity contribution < 1.29 is 18.7 Å². The van der Waals surface area contributed by atoms with E-state index in [9.17, 15) is 14.0 Å². The number of halogens is 1. The lowest BCUT2D eigenvalue weighted by atomic mass is 10.1. The van der Waals surface area contributed by atoms with Crippen molar-refractivity contribution >= 4 is 18.1 Å². The van der Waals surface area contributed by atoms with Gasteiger partial charge in [-0.15, -0.1) is 10.2 Å². The van der Waals surface area contributed by atoms with Crippen LogP contribution in [0.3, 0.4) is 0 Å². The van der Waals surface area contributed by atoms with Gasteiger partial charge in [-0.05, 0) is 29.5 Å². The lowest BCUT2D eigenvalue weighted by molar-refractivity contribution is -0.113. The lowest BCUT2D eigenvalue weighted by Crippen LogP contribution is -2.24. The number of anilines is 1. The van der Waals surface area contributed by atoms with Gasteiger partial charge >= 0.3 is 6.09 Å². The minimum Gasteiger partial charge on any atom is -0.436 e. The van der Waals surface area contributed by atoms with Crippen molar-refractivity contribution in [3.63, 3.8) is 0 Å². The molecule has 2 aromatic heterocycles. The first-order chi connectivity index (χ1) is 13.0. The molecule has 1 aliphatic heterocycles. The molecule has 136 valence electrons. The molecule has 1 fully saturated rings. The van der Waals surface area contributed by atoms with Crippen molar-refractivity contribution in [2.45, 2.75) is 6.10 Å². The smallest absolute Gasteiger partial charge is 0.415 e. The molecule has 27 heavy (non-hydrogen) atoms. The highest BCUT2D eigenvalue weighted by atomic mass is 19.1. The summed E-state index contributed by atoms with van der Waals surface area (Å²) >= 11 is 0. The molecular weight excluding hydrogens is 355 g/mol. The van der Waals surface area contributed by atoms with Crippen LogP contribution in [0.4, 0.5) is 14.9 Å². The van der Waals surface area contributed by atoms with Crippen LogP contribution in [-0.2, 0) is 16.6 Å². The van der Waals surface area contributed by atoms with E-state index in [1.54, 1.807) is 31.3 Å². The molecule has 10 heteroatoms. The second-order valence-corrected chi connectivity index (χ2v) is 5.87. The van der Waals surface area contributed by atoms with Crippen molar-refractivity contribution in [2.75, 3.05) is 11.4 Å². The topological polar surface area (TPSA) is 103 Å². The van der Waals surface area contributed by atoms with Gasteiger partial charge in [0.15, 0.2) is 12.4 Å². The van der Waals surface area contributed by atoms with Gasteiger partial charge < -0.3 is 4.74 Å². The number of amides is 1. The number of hydrogen-bond acceptors (Lipinski definition) is 7. The molecule has 1 aliphatic rings.